The molecule has 0 bridgehead atoms. The Hall–Kier alpha value is -4.13. The summed E-state index contributed by atoms with van der Waals surface area (Å²) in [6, 6.07) is 20.6. The number of rotatable bonds is 6. The minimum absolute atomic E-state index is 0.0610. The molecule has 1 heterocycles. The van der Waals surface area contributed by atoms with Gasteiger partial charge in [-0.15, -0.1) is 0 Å². The van der Waals surface area contributed by atoms with E-state index in [9.17, 15) is 14.7 Å². The van der Waals surface area contributed by atoms with Gasteiger partial charge in [-0.05, 0) is 35.2 Å². The van der Waals surface area contributed by atoms with Gasteiger partial charge in [-0.1, -0.05) is 63.2 Å². The van der Waals surface area contributed by atoms with Gasteiger partial charge in [0, 0.05) is 18.2 Å². The molecule has 180 valence electrons. The quantitative estimate of drug-likeness (QED) is 0.368. The first kappa shape index (κ1) is 24.0. The SMILES string of the molecule is CNC(=O)c1cc(C(=O)Cn2c(=N)n(Cc3ccccc3)c3ccccc32)cc(C(C)(C)C)c1O. The van der Waals surface area contributed by atoms with Gasteiger partial charge in [-0.3, -0.25) is 15.0 Å². The average Bonchev–Trinajstić information content (AvgIpc) is 3.09. The molecule has 0 aliphatic rings. The van der Waals surface area contributed by atoms with Gasteiger partial charge >= 0.3 is 0 Å². The van der Waals surface area contributed by atoms with Gasteiger partial charge in [0.1, 0.15) is 5.75 Å². The molecule has 0 radical (unpaired) electrons. The summed E-state index contributed by atoms with van der Waals surface area (Å²) in [6.07, 6.45) is 0. The molecule has 7 nitrogen and oxygen atoms in total. The molecular weight excluding hydrogens is 440 g/mol. The van der Waals surface area contributed by atoms with Crippen molar-refractivity contribution in [2.75, 3.05) is 7.05 Å². The van der Waals surface area contributed by atoms with Crippen LogP contribution in [0.2, 0.25) is 0 Å². The molecule has 0 unspecified atom stereocenters. The molecule has 7 heteroatoms. The summed E-state index contributed by atoms with van der Waals surface area (Å²) < 4.78 is 3.56. The van der Waals surface area contributed by atoms with E-state index in [1.807, 2.05) is 79.9 Å². The highest BCUT2D eigenvalue weighted by Gasteiger charge is 2.26. The van der Waals surface area contributed by atoms with E-state index in [1.54, 1.807) is 10.6 Å². The number of fused-ring (bicyclic) bond motifs is 1. The first-order valence-electron chi connectivity index (χ1n) is 11.5. The number of para-hydroxylation sites is 2. The third kappa shape index (κ3) is 4.62. The number of phenolic OH excluding ortho intramolecular Hbond substituents is 1. The van der Waals surface area contributed by atoms with E-state index in [2.05, 4.69) is 5.32 Å². The summed E-state index contributed by atoms with van der Waals surface area (Å²) in [6.45, 7) is 6.19. The number of imidazole rings is 1. The van der Waals surface area contributed by atoms with E-state index in [0.717, 1.165) is 16.6 Å². The molecule has 4 rings (SSSR count). The van der Waals surface area contributed by atoms with E-state index in [1.165, 1.54) is 13.1 Å². The number of benzene rings is 3. The number of amides is 1. The molecule has 35 heavy (non-hydrogen) atoms. The van der Waals surface area contributed by atoms with Gasteiger partial charge in [-0.2, -0.15) is 0 Å². The fraction of sp³-hybridized carbons (Fsp3) is 0.250. The number of ketones is 1. The molecule has 0 saturated carbocycles. The lowest BCUT2D eigenvalue weighted by atomic mass is 9.83. The highest BCUT2D eigenvalue weighted by Crippen LogP contribution is 2.34. The van der Waals surface area contributed by atoms with Crippen LogP contribution in [0.1, 0.15) is 52.6 Å². The van der Waals surface area contributed by atoms with E-state index >= 15 is 0 Å². The summed E-state index contributed by atoms with van der Waals surface area (Å²) in [5.41, 5.74) is 3.33. The number of Topliss-reactive ketones (excluding diaryl/α,β-unsaturated/α-hetero) is 1. The molecule has 0 fully saturated rings. The number of nitrogens with one attached hydrogen (secondary N) is 2. The van der Waals surface area contributed by atoms with Crippen molar-refractivity contribution in [3.8, 4) is 5.75 Å². The molecule has 0 saturated heterocycles. The zero-order valence-electron chi connectivity index (χ0n) is 20.4. The van der Waals surface area contributed by atoms with Crippen LogP contribution in [0, 0.1) is 5.41 Å². The molecule has 3 aromatic carbocycles. The van der Waals surface area contributed by atoms with Gasteiger partial charge in [0.15, 0.2) is 5.78 Å². The van der Waals surface area contributed by atoms with Crippen molar-refractivity contribution in [1.29, 1.82) is 5.41 Å². The second-order valence-electron chi connectivity index (χ2n) is 9.64. The first-order valence-corrected chi connectivity index (χ1v) is 11.5. The average molecular weight is 471 g/mol. The summed E-state index contributed by atoms with van der Waals surface area (Å²) in [4.78, 5) is 25.9. The second-order valence-corrected chi connectivity index (χ2v) is 9.64. The van der Waals surface area contributed by atoms with Crippen LogP contribution in [0.3, 0.4) is 0 Å². The second kappa shape index (κ2) is 9.25. The Kier molecular flexibility index (Phi) is 6.35. The highest BCUT2D eigenvalue weighted by atomic mass is 16.3. The van der Waals surface area contributed by atoms with Crippen LogP contribution in [0.5, 0.6) is 5.75 Å². The van der Waals surface area contributed by atoms with Crippen LogP contribution in [-0.4, -0.2) is 33.0 Å². The van der Waals surface area contributed by atoms with E-state index in [-0.39, 0.29) is 29.3 Å². The molecule has 1 amide bonds. The third-order valence-corrected chi connectivity index (χ3v) is 6.17. The Bertz CT molecular complexity index is 1470. The fourth-order valence-corrected chi connectivity index (χ4v) is 4.29. The van der Waals surface area contributed by atoms with Crippen molar-refractivity contribution < 1.29 is 14.7 Å². The zero-order valence-corrected chi connectivity index (χ0v) is 20.4. The molecule has 0 aliphatic heterocycles. The molecule has 0 spiro atoms. The van der Waals surface area contributed by atoms with Crippen LogP contribution >= 0.6 is 0 Å². The summed E-state index contributed by atoms with van der Waals surface area (Å²) in [5, 5.41) is 22.1. The van der Waals surface area contributed by atoms with Crippen LogP contribution in [0.15, 0.2) is 66.7 Å². The highest BCUT2D eigenvalue weighted by molar-refractivity contribution is 6.03. The Labute approximate surface area is 204 Å². The molecular formula is C28H30N4O3. The van der Waals surface area contributed by atoms with Crippen molar-refractivity contribution in [3.63, 3.8) is 0 Å². The third-order valence-electron chi connectivity index (χ3n) is 6.17. The van der Waals surface area contributed by atoms with Crippen molar-refractivity contribution >= 4 is 22.7 Å². The lowest BCUT2D eigenvalue weighted by Gasteiger charge is -2.23. The first-order chi connectivity index (χ1) is 16.6. The number of aromatic hydroxyl groups is 1. The minimum Gasteiger partial charge on any atom is -0.507 e. The van der Waals surface area contributed by atoms with Crippen LogP contribution < -0.4 is 10.9 Å². The topological polar surface area (TPSA) is 100 Å². The Morgan fingerprint density at radius 3 is 2.14 bits per heavy atom. The standard InChI is InChI=1S/C28H30N4O3/c1-28(2,3)21-15-19(14-20(25(21)34)26(35)30-4)24(33)17-32-23-13-9-8-12-22(23)31(27(32)29)16-18-10-6-5-7-11-18/h5-15,29,34H,16-17H2,1-4H3,(H,30,35). The number of hydrogen-bond donors (Lipinski definition) is 3. The van der Waals surface area contributed by atoms with Gasteiger partial charge in [0.25, 0.3) is 5.91 Å². The molecule has 4 aromatic rings. The number of aromatic nitrogens is 2. The number of hydrogen-bond acceptors (Lipinski definition) is 4. The van der Waals surface area contributed by atoms with Gasteiger partial charge < -0.3 is 19.6 Å². The van der Waals surface area contributed by atoms with Crippen LogP contribution in [0.4, 0.5) is 0 Å². The smallest absolute Gasteiger partial charge is 0.254 e. The Morgan fingerprint density at radius 1 is 0.943 bits per heavy atom. The van der Waals surface area contributed by atoms with Crippen molar-refractivity contribution in [2.24, 2.45) is 0 Å². The maximum absolute atomic E-state index is 13.5. The Balaban J connectivity index is 1.79. The lowest BCUT2D eigenvalue weighted by molar-refractivity contribution is 0.0960. The summed E-state index contributed by atoms with van der Waals surface area (Å²) >= 11 is 0. The van der Waals surface area contributed by atoms with Crippen molar-refractivity contribution in [2.45, 2.75) is 39.3 Å². The van der Waals surface area contributed by atoms with Crippen molar-refractivity contribution in [3.05, 3.63) is 94.6 Å². The van der Waals surface area contributed by atoms with Crippen molar-refractivity contribution in [1.82, 2.24) is 14.5 Å². The van der Waals surface area contributed by atoms with Gasteiger partial charge in [-0.25, -0.2) is 0 Å². The summed E-state index contributed by atoms with van der Waals surface area (Å²) in [5.74, 6) is -0.834. The predicted molar refractivity (Wildman–Crippen MR) is 136 cm³/mol. The number of carbonyl (C=O) groups excluding carboxylic acids is 2. The number of phenols is 1. The van der Waals surface area contributed by atoms with E-state index in [0.29, 0.717) is 17.7 Å². The maximum atomic E-state index is 13.5. The molecule has 0 atom stereocenters. The number of carbonyl (C=O) groups is 2. The number of nitrogens with zero attached hydrogens (tertiary/aromatic N) is 2. The maximum Gasteiger partial charge on any atom is 0.254 e. The normalized spacial score (nSPS) is 11.5. The van der Waals surface area contributed by atoms with Gasteiger partial charge in [0.05, 0.1) is 29.7 Å². The summed E-state index contributed by atoms with van der Waals surface area (Å²) in [7, 11) is 1.48. The van der Waals surface area contributed by atoms with E-state index in [4.69, 9.17) is 5.41 Å². The predicted octanol–water partition coefficient (Wildman–Crippen LogP) is 4.22. The fourth-order valence-electron chi connectivity index (χ4n) is 4.29. The molecule has 1 aromatic heterocycles. The van der Waals surface area contributed by atoms with Crippen LogP contribution in [-0.2, 0) is 18.5 Å². The molecule has 3 N–H and O–H groups in total. The Morgan fingerprint density at radius 2 is 1.54 bits per heavy atom. The van der Waals surface area contributed by atoms with Crippen LogP contribution in [0.25, 0.3) is 11.0 Å². The minimum atomic E-state index is -0.484. The lowest BCUT2D eigenvalue weighted by Crippen LogP contribution is -2.28. The largest absolute Gasteiger partial charge is 0.507 e. The monoisotopic (exact) mass is 470 g/mol. The van der Waals surface area contributed by atoms with Gasteiger partial charge in [0.2, 0.25) is 5.62 Å². The van der Waals surface area contributed by atoms with E-state index < -0.39 is 11.3 Å². The molecule has 0 aliphatic carbocycles. The zero-order chi connectivity index (χ0) is 25.3.